The fourth-order valence-corrected chi connectivity index (χ4v) is 3.33. The summed E-state index contributed by atoms with van der Waals surface area (Å²) in [7, 11) is 0. The standard InChI is InChI=1S/C22H24N2O4S/c1-15-19(21(25)27-12-13-29-2)20(24-22(26)23-15)17-10-6-7-11-18(17)28-14-16-8-4-3-5-9-16/h3-11,20H,12-14H2,1-2H3,(H2,23,24,26)/t20-/m1/s1. The Balaban J connectivity index is 1.87. The van der Waals surface area contributed by atoms with Crippen molar-refractivity contribution in [1.29, 1.82) is 0 Å². The number of hydrogen-bond acceptors (Lipinski definition) is 5. The summed E-state index contributed by atoms with van der Waals surface area (Å²) in [5, 5.41) is 5.49. The molecule has 1 heterocycles. The molecule has 1 atom stereocenters. The van der Waals surface area contributed by atoms with E-state index in [2.05, 4.69) is 10.6 Å². The van der Waals surface area contributed by atoms with Gasteiger partial charge in [0.15, 0.2) is 0 Å². The van der Waals surface area contributed by atoms with Gasteiger partial charge in [-0.3, -0.25) is 0 Å². The maximum Gasteiger partial charge on any atom is 0.338 e. The Morgan fingerprint density at radius 1 is 1.10 bits per heavy atom. The van der Waals surface area contributed by atoms with E-state index in [4.69, 9.17) is 9.47 Å². The number of esters is 1. The first kappa shape index (κ1) is 20.8. The van der Waals surface area contributed by atoms with Crippen molar-refractivity contribution in [3.05, 3.63) is 77.0 Å². The molecule has 0 aromatic heterocycles. The predicted octanol–water partition coefficient (Wildman–Crippen LogP) is 3.80. The molecule has 2 aromatic rings. The van der Waals surface area contributed by atoms with E-state index in [1.54, 1.807) is 18.7 Å². The molecule has 7 heteroatoms. The quantitative estimate of drug-likeness (QED) is 0.509. The third kappa shape index (κ3) is 5.32. The van der Waals surface area contributed by atoms with Gasteiger partial charge in [-0.05, 0) is 24.8 Å². The van der Waals surface area contributed by atoms with E-state index >= 15 is 0 Å². The van der Waals surface area contributed by atoms with Crippen molar-refractivity contribution in [2.24, 2.45) is 0 Å². The second-order valence-corrected chi connectivity index (χ2v) is 7.50. The third-order valence-electron chi connectivity index (χ3n) is 4.48. The van der Waals surface area contributed by atoms with E-state index in [0.717, 1.165) is 5.56 Å². The van der Waals surface area contributed by atoms with Crippen LogP contribution in [-0.2, 0) is 16.1 Å². The molecule has 6 nitrogen and oxygen atoms in total. The minimum Gasteiger partial charge on any atom is -0.489 e. The fraction of sp³-hybridized carbons (Fsp3) is 0.273. The van der Waals surface area contributed by atoms with Gasteiger partial charge in [-0.2, -0.15) is 11.8 Å². The van der Waals surface area contributed by atoms with Gasteiger partial charge in [-0.1, -0.05) is 48.5 Å². The Morgan fingerprint density at radius 3 is 2.59 bits per heavy atom. The van der Waals surface area contributed by atoms with E-state index in [9.17, 15) is 9.59 Å². The number of ether oxygens (including phenoxy) is 2. The highest BCUT2D eigenvalue weighted by molar-refractivity contribution is 7.98. The van der Waals surface area contributed by atoms with Crippen molar-refractivity contribution in [3.63, 3.8) is 0 Å². The van der Waals surface area contributed by atoms with Gasteiger partial charge < -0.3 is 20.1 Å². The highest BCUT2D eigenvalue weighted by atomic mass is 32.2. The number of para-hydroxylation sites is 1. The second kappa shape index (κ2) is 10.0. The number of carbonyl (C=O) groups is 2. The Morgan fingerprint density at radius 2 is 1.83 bits per heavy atom. The molecule has 1 aliphatic heterocycles. The van der Waals surface area contributed by atoms with Crippen LogP contribution < -0.4 is 15.4 Å². The summed E-state index contributed by atoms with van der Waals surface area (Å²) in [6.07, 6.45) is 1.95. The molecule has 3 rings (SSSR count). The lowest BCUT2D eigenvalue weighted by Gasteiger charge is -2.29. The van der Waals surface area contributed by atoms with Gasteiger partial charge in [0.05, 0.1) is 11.6 Å². The van der Waals surface area contributed by atoms with Crippen molar-refractivity contribution in [3.8, 4) is 5.75 Å². The molecule has 0 aliphatic carbocycles. The number of allylic oxidation sites excluding steroid dienone is 1. The fourth-order valence-electron chi connectivity index (χ4n) is 3.08. The number of carbonyl (C=O) groups excluding carboxylic acids is 2. The molecule has 152 valence electrons. The average molecular weight is 413 g/mol. The van der Waals surface area contributed by atoms with Crippen LogP contribution in [0.4, 0.5) is 4.79 Å². The van der Waals surface area contributed by atoms with Crippen LogP contribution in [0.1, 0.15) is 24.1 Å². The normalized spacial score (nSPS) is 16.1. The monoisotopic (exact) mass is 412 g/mol. The van der Waals surface area contributed by atoms with Crippen LogP contribution in [-0.4, -0.2) is 30.6 Å². The molecular formula is C22H24N2O4S. The number of rotatable bonds is 8. The zero-order valence-corrected chi connectivity index (χ0v) is 17.3. The van der Waals surface area contributed by atoms with Crippen LogP contribution in [0, 0.1) is 0 Å². The van der Waals surface area contributed by atoms with E-state index in [1.165, 1.54) is 0 Å². The summed E-state index contributed by atoms with van der Waals surface area (Å²) in [4.78, 5) is 24.9. The smallest absolute Gasteiger partial charge is 0.338 e. The zero-order valence-electron chi connectivity index (χ0n) is 16.4. The van der Waals surface area contributed by atoms with Crippen LogP contribution in [0.5, 0.6) is 5.75 Å². The van der Waals surface area contributed by atoms with Gasteiger partial charge in [-0.15, -0.1) is 0 Å². The first-order chi connectivity index (χ1) is 14.1. The Hall–Kier alpha value is -2.93. The molecule has 0 saturated carbocycles. The molecule has 2 aromatic carbocycles. The first-order valence-electron chi connectivity index (χ1n) is 9.30. The van der Waals surface area contributed by atoms with Crippen molar-refractivity contribution >= 4 is 23.8 Å². The van der Waals surface area contributed by atoms with Gasteiger partial charge in [0.2, 0.25) is 0 Å². The molecule has 2 amide bonds. The molecule has 0 spiro atoms. The van der Waals surface area contributed by atoms with Crippen LogP contribution in [0.2, 0.25) is 0 Å². The minimum atomic E-state index is -0.655. The summed E-state index contributed by atoms with van der Waals surface area (Å²) < 4.78 is 11.4. The van der Waals surface area contributed by atoms with Crippen LogP contribution in [0.3, 0.4) is 0 Å². The Bertz CT molecular complexity index is 899. The SMILES string of the molecule is CSCCOC(=O)C1=C(C)NC(=O)N[C@@H]1c1ccccc1OCc1ccccc1. The number of hydrogen-bond donors (Lipinski definition) is 2. The first-order valence-corrected chi connectivity index (χ1v) is 10.7. The van der Waals surface area contributed by atoms with E-state index < -0.39 is 12.0 Å². The molecule has 0 fully saturated rings. The van der Waals surface area contributed by atoms with Gasteiger partial charge in [0, 0.05) is 17.0 Å². The Labute approximate surface area is 174 Å². The third-order valence-corrected chi connectivity index (χ3v) is 5.05. The van der Waals surface area contributed by atoms with Crippen molar-refractivity contribution < 1.29 is 19.1 Å². The number of nitrogens with one attached hydrogen (secondary N) is 2. The summed E-state index contributed by atoms with van der Waals surface area (Å²) in [6.45, 7) is 2.39. The van der Waals surface area contributed by atoms with Gasteiger partial charge in [0.1, 0.15) is 19.0 Å². The summed E-state index contributed by atoms with van der Waals surface area (Å²) in [5.74, 6) is 0.858. The lowest BCUT2D eigenvalue weighted by Crippen LogP contribution is -2.45. The molecular weight excluding hydrogens is 388 g/mol. The molecule has 0 saturated heterocycles. The summed E-state index contributed by atoms with van der Waals surface area (Å²) in [6, 6.07) is 16.2. The van der Waals surface area contributed by atoms with Crippen molar-refractivity contribution in [1.82, 2.24) is 10.6 Å². The largest absolute Gasteiger partial charge is 0.489 e. The van der Waals surface area contributed by atoms with Crippen LogP contribution in [0.25, 0.3) is 0 Å². The molecule has 2 N–H and O–H groups in total. The maximum atomic E-state index is 12.7. The minimum absolute atomic E-state index is 0.309. The van der Waals surface area contributed by atoms with E-state index in [1.807, 2.05) is 60.9 Å². The lowest BCUT2D eigenvalue weighted by molar-refractivity contribution is -0.138. The van der Waals surface area contributed by atoms with Gasteiger partial charge >= 0.3 is 12.0 Å². The molecule has 29 heavy (non-hydrogen) atoms. The highest BCUT2D eigenvalue weighted by Crippen LogP contribution is 2.34. The summed E-state index contributed by atoms with van der Waals surface area (Å²) in [5.41, 5.74) is 2.58. The van der Waals surface area contributed by atoms with Gasteiger partial charge in [0.25, 0.3) is 0 Å². The number of benzene rings is 2. The van der Waals surface area contributed by atoms with Crippen LogP contribution in [0.15, 0.2) is 65.9 Å². The second-order valence-electron chi connectivity index (χ2n) is 6.51. The maximum absolute atomic E-state index is 12.7. The summed E-state index contributed by atoms with van der Waals surface area (Å²) >= 11 is 1.60. The zero-order chi connectivity index (χ0) is 20.6. The van der Waals surface area contributed by atoms with Crippen LogP contribution >= 0.6 is 11.8 Å². The van der Waals surface area contributed by atoms with Gasteiger partial charge in [-0.25, -0.2) is 9.59 Å². The van der Waals surface area contributed by atoms with E-state index in [-0.39, 0.29) is 6.03 Å². The molecule has 0 radical (unpaired) electrons. The number of urea groups is 1. The average Bonchev–Trinajstić information content (AvgIpc) is 2.72. The molecule has 0 bridgehead atoms. The molecule has 0 unspecified atom stereocenters. The topological polar surface area (TPSA) is 76.7 Å². The van der Waals surface area contributed by atoms with Crippen molar-refractivity contribution in [2.45, 2.75) is 19.6 Å². The number of thioether (sulfide) groups is 1. The van der Waals surface area contributed by atoms with E-state index in [0.29, 0.717) is 41.5 Å². The van der Waals surface area contributed by atoms with Crippen molar-refractivity contribution in [2.75, 3.05) is 18.6 Å². The Kier molecular flexibility index (Phi) is 7.19. The predicted molar refractivity (Wildman–Crippen MR) is 114 cm³/mol. The number of amides is 2. The lowest BCUT2D eigenvalue weighted by atomic mass is 9.95. The molecule has 1 aliphatic rings. The highest BCUT2D eigenvalue weighted by Gasteiger charge is 2.33.